The molecule has 4 rings (SSSR count). The second kappa shape index (κ2) is 9.68. The smallest absolute Gasteiger partial charge is 0.389 e. The highest BCUT2D eigenvalue weighted by molar-refractivity contribution is 7.89. The number of nitrogens with zero attached hydrogens (tertiary/aromatic N) is 7. The monoisotopic (exact) mass is 542 g/mol. The Morgan fingerprint density at radius 3 is 2.49 bits per heavy atom. The summed E-state index contributed by atoms with van der Waals surface area (Å²) < 4.78 is 71.2. The molecule has 2 N–H and O–H groups in total. The van der Waals surface area contributed by atoms with E-state index in [0.717, 1.165) is 6.20 Å². The molecule has 1 aliphatic rings. The molecule has 11 nitrogen and oxygen atoms in total. The normalized spacial score (nSPS) is 19.8. The summed E-state index contributed by atoms with van der Waals surface area (Å²) in [5.41, 5.74) is -2.32. The zero-order valence-electron chi connectivity index (χ0n) is 20.8. The van der Waals surface area contributed by atoms with Gasteiger partial charge < -0.3 is 10.4 Å². The van der Waals surface area contributed by atoms with Gasteiger partial charge in [0.2, 0.25) is 16.0 Å². The summed E-state index contributed by atoms with van der Waals surface area (Å²) >= 11 is 0. The van der Waals surface area contributed by atoms with Crippen molar-refractivity contribution in [1.29, 1.82) is 0 Å². The molecule has 202 valence electrons. The van der Waals surface area contributed by atoms with Gasteiger partial charge in [-0.25, -0.2) is 18.4 Å². The van der Waals surface area contributed by atoms with E-state index >= 15 is 0 Å². The van der Waals surface area contributed by atoms with E-state index in [1.165, 1.54) is 38.5 Å². The highest BCUT2D eigenvalue weighted by atomic mass is 32.2. The van der Waals surface area contributed by atoms with Crippen molar-refractivity contribution in [2.45, 2.75) is 56.5 Å². The molecule has 0 spiro atoms. The van der Waals surface area contributed by atoms with Crippen molar-refractivity contribution in [3.63, 3.8) is 0 Å². The molecule has 0 radical (unpaired) electrons. The molecule has 1 aliphatic heterocycles. The van der Waals surface area contributed by atoms with E-state index in [1.807, 2.05) is 6.92 Å². The summed E-state index contributed by atoms with van der Waals surface area (Å²) in [6.45, 7) is 5.51. The van der Waals surface area contributed by atoms with E-state index in [4.69, 9.17) is 0 Å². The minimum atomic E-state index is -4.69. The van der Waals surface area contributed by atoms with Crippen molar-refractivity contribution in [2.75, 3.05) is 18.4 Å². The van der Waals surface area contributed by atoms with Gasteiger partial charge in [-0.15, -0.1) is 0 Å². The molecular weight excluding hydrogens is 513 g/mol. The average molecular weight is 543 g/mol. The second-order valence-electron chi connectivity index (χ2n) is 9.92. The SMILES string of the molecule is C[C@@H]1CN(S(=O)(=O)c2cnn(C)c2)CC[C@@H]1Nc1ncc(C(F)(F)F)c(-c2cnn(CC(C)(C)O)c2)n1. The Bertz CT molecular complexity index is 1360. The lowest BCUT2D eigenvalue weighted by molar-refractivity contribution is -0.137. The number of anilines is 1. The van der Waals surface area contributed by atoms with Crippen LogP contribution in [0.2, 0.25) is 0 Å². The van der Waals surface area contributed by atoms with Crippen molar-refractivity contribution in [2.24, 2.45) is 13.0 Å². The third-order valence-electron chi connectivity index (χ3n) is 6.05. The first-order valence-corrected chi connectivity index (χ1v) is 13.0. The Hall–Kier alpha value is -3.04. The van der Waals surface area contributed by atoms with E-state index in [9.17, 15) is 26.7 Å². The summed E-state index contributed by atoms with van der Waals surface area (Å²) in [4.78, 5) is 8.16. The summed E-state index contributed by atoms with van der Waals surface area (Å²) in [6, 6.07) is -0.261. The largest absolute Gasteiger partial charge is 0.419 e. The van der Waals surface area contributed by atoms with E-state index in [-0.39, 0.29) is 53.7 Å². The summed E-state index contributed by atoms with van der Waals surface area (Å²) in [7, 11) is -2.07. The topological polar surface area (TPSA) is 131 Å². The van der Waals surface area contributed by atoms with Crippen molar-refractivity contribution < 1.29 is 26.7 Å². The maximum atomic E-state index is 13.7. The van der Waals surface area contributed by atoms with Gasteiger partial charge in [0, 0.05) is 50.3 Å². The molecule has 3 aromatic rings. The summed E-state index contributed by atoms with van der Waals surface area (Å²) in [6.07, 6.45) is 1.83. The number of hydrogen-bond acceptors (Lipinski definition) is 8. The van der Waals surface area contributed by atoms with E-state index < -0.39 is 27.4 Å². The molecule has 1 saturated heterocycles. The van der Waals surface area contributed by atoms with Crippen LogP contribution in [-0.2, 0) is 29.8 Å². The van der Waals surface area contributed by atoms with Gasteiger partial charge in [0.25, 0.3) is 0 Å². The van der Waals surface area contributed by atoms with E-state index in [1.54, 1.807) is 20.9 Å². The number of alkyl halides is 3. The highest BCUT2D eigenvalue weighted by Crippen LogP contribution is 2.36. The first-order chi connectivity index (χ1) is 17.1. The third kappa shape index (κ3) is 6.10. The lowest BCUT2D eigenvalue weighted by Gasteiger charge is -2.36. The maximum Gasteiger partial charge on any atom is 0.419 e. The number of halogens is 3. The minimum Gasteiger partial charge on any atom is -0.389 e. The van der Waals surface area contributed by atoms with Crippen LogP contribution in [-0.4, -0.2) is 72.1 Å². The van der Waals surface area contributed by atoms with Crippen molar-refractivity contribution in [1.82, 2.24) is 33.8 Å². The second-order valence-corrected chi connectivity index (χ2v) is 11.9. The van der Waals surface area contributed by atoms with E-state index in [2.05, 4.69) is 25.5 Å². The van der Waals surface area contributed by atoms with Gasteiger partial charge in [0.15, 0.2) is 0 Å². The first kappa shape index (κ1) is 27.0. The van der Waals surface area contributed by atoms with Crippen LogP contribution in [0, 0.1) is 5.92 Å². The molecular formula is C22H29F3N8O3S. The van der Waals surface area contributed by atoms with Crippen LogP contribution in [0.3, 0.4) is 0 Å². The molecule has 0 aliphatic carbocycles. The number of sulfonamides is 1. The van der Waals surface area contributed by atoms with Crippen molar-refractivity contribution >= 4 is 16.0 Å². The number of rotatable bonds is 7. The molecule has 4 heterocycles. The Balaban J connectivity index is 1.54. The number of piperidine rings is 1. The summed E-state index contributed by atoms with van der Waals surface area (Å²) in [5.74, 6) is -0.178. The van der Waals surface area contributed by atoms with Crippen molar-refractivity contribution in [3.8, 4) is 11.3 Å². The fourth-order valence-corrected chi connectivity index (χ4v) is 5.78. The van der Waals surface area contributed by atoms with Gasteiger partial charge in [0.05, 0.1) is 30.2 Å². The minimum absolute atomic E-state index is 0.00125. The van der Waals surface area contributed by atoms with Crippen LogP contribution >= 0.6 is 0 Å². The van der Waals surface area contributed by atoms with Gasteiger partial charge in [-0.1, -0.05) is 6.92 Å². The highest BCUT2D eigenvalue weighted by Gasteiger charge is 2.37. The third-order valence-corrected chi connectivity index (χ3v) is 7.87. The van der Waals surface area contributed by atoms with Crippen LogP contribution < -0.4 is 5.32 Å². The predicted octanol–water partition coefficient (Wildman–Crippen LogP) is 2.37. The van der Waals surface area contributed by atoms with E-state index in [0.29, 0.717) is 6.42 Å². The van der Waals surface area contributed by atoms with Crippen LogP contribution in [0.4, 0.5) is 19.1 Å². The fraction of sp³-hybridized carbons (Fsp3) is 0.545. The standard InChI is InChI=1S/C22H29F3N8O3S/c1-14-10-33(37(35,36)16-8-27-31(4)12-16)6-5-18(14)29-20-26-9-17(22(23,24)25)19(30-20)15-7-28-32(11-15)13-21(2,3)34/h7-9,11-12,14,18,34H,5-6,10,13H2,1-4H3,(H,26,29,30)/t14-,18+/m1/s1. The molecule has 3 aromatic heterocycles. The molecule has 37 heavy (non-hydrogen) atoms. The van der Waals surface area contributed by atoms with Crippen LogP contribution in [0.15, 0.2) is 35.9 Å². The lowest BCUT2D eigenvalue weighted by atomic mass is 9.95. The Morgan fingerprint density at radius 1 is 1.16 bits per heavy atom. The Labute approximate surface area is 212 Å². The van der Waals surface area contributed by atoms with Gasteiger partial charge in [-0.2, -0.15) is 27.7 Å². The first-order valence-electron chi connectivity index (χ1n) is 11.6. The summed E-state index contributed by atoms with van der Waals surface area (Å²) in [5, 5.41) is 21.1. The zero-order valence-corrected chi connectivity index (χ0v) is 21.6. The van der Waals surface area contributed by atoms with Crippen LogP contribution in [0.25, 0.3) is 11.3 Å². The molecule has 2 atom stereocenters. The fourth-order valence-electron chi connectivity index (χ4n) is 4.23. The number of aliphatic hydroxyl groups is 1. The number of aromatic nitrogens is 6. The van der Waals surface area contributed by atoms with Crippen LogP contribution in [0.1, 0.15) is 32.8 Å². The average Bonchev–Trinajstić information content (AvgIpc) is 3.42. The molecule has 1 fully saturated rings. The Kier molecular flexibility index (Phi) is 7.07. The number of hydrogen-bond donors (Lipinski definition) is 2. The molecule has 0 unspecified atom stereocenters. The quantitative estimate of drug-likeness (QED) is 0.465. The molecule has 0 amide bonds. The van der Waals surface area contributed by atoms with Gasteiger partial charge >= 0.3 is 6.18 Å². The molecule has 0 saturated carbocycles. The van der Waals surface area contributed by atoms with Gasteiger partial charge in [0.1, 0.15) is 10.5 Å². The molecule has 0 aromatic carbocycles. The Morgan fingerprint density at radius 2 is 1.89 bits per heavy atom. The van der Waals surface area contributed by atoms with Gasteiger partial charge in [-0.3, -0.25) is 9.36 Å². The maximum absolute atomic E-state index is 13.7. The van der Waals surface area contributed by atoms with Crippen LogP contribution in [0.5, 0.6) is 0 Å². The zero-order chi connectivity index (χ0) is 27.2. The van der Waals surface area contributed by atoms with Crippen molar-refractivity contribution in [3.05, 3.63) is 36.5 Å². The number of aryl methyl sites for hydroxylation is 1. The van der Waals surface area contributed by atoms with Gasteiger partial charge in [-0.05, 0) is 26.2 Å². The molecule has 15 heteroatoms. The molecule has 0 bridgehead atoms. The lowest BCUT2D eigenvalue weighted by Crippen LogP contribution is -2.47. The number of nitrogens with one attached hydrogen (secondary N) is 1. The predicted molar refractivity (Wildman–Crippen MR) is 128 cm³/mol.